The van der Waals surface area contributed by atoms with Gasteiger partial charge in [0.05, 0.1) is 19.8 Å². The van der Waals surface area contributed by atoms with Crippen LogP contribution in [0, 0.1) is 0 Å². The molecule has 0 atom stereocenters. The minimum Gasteiger partial charge on any atom is -0.493 e. The van der Waals surface area contributed by atoms with Gasteiger partial charge in [-0.3, -0.25) is 0 Å². The maximum absolute atomic E-state index is 12.1. The summed E-state index contributed by atoms with van der Waals surface area (Å²) in [6.07, 6.45) is 3.39. The molecule has 4 nitrogen and oxygen atoms in total. The number of methoxy groups -OCH3 is 2. The zero-order valence-electron chi connectivity index (χ0n) is 13.2. The van der Waals surface area contributed by atoms with E-state index in [1.54, 1.807) is 50.6 Å². The van der Waals surface area contributed by atoms with Crippen molar-refractivity contribution < 1.29 is 19.0 Å². The summed E-state index contributed by atoms with van der Waals surface area (Å²) in [5.41, 5.74) is 1.92. The molecule has 0 bridgehead atoms. The Bertz CT molecular complexity index is 852. The molecule has 0 saturated heterocycles. The zero-order valence-corrected chi connectivity index (χ0v) is 14.0. The first-order valence-corrected chi connectivity index (χ1v) is 7.62. The van der Waals surface area contributed by atoms with Crippen LogP contribution in [0.15, 0.2) is 54.1 Å². The maximum Gasteiger partial charge on any atom is 0.343 e. The molecule has 0 fully saturated rings. The number of hydrogen-bond donors (Lipinski definition) is 0. The summed E-state index contributed by atoms with van der Waals surface area (Å²) in [5.74, 6) is 1.22. The summed E-state index contributed by atoms with van der Waals surface area (Å²) >= 11 is 6.13. The monoisotopic (exact) mass is 342 g/mol. The lowest BCUT2D eigenvalue weighted by molar-refractivity contribution is -0.130. The van der Waals surface area contributed by atoms with Crippen LogP contribution in [0.1, 0.15) is 11.1 Å². The van der Waals surface area contributed by atoms with Crippen molar-refractivity contribution in [2.24, 2.45) is 0 Å². The largest absolute Gasteiger partial charge is 0.493 e. The van der Waals surface area contributed by atoms with E-state index in [1.807, 2.05) is 18.2 Å². The van der Waals surface area contributed by atoms with Crippen LogP contribution in [0.2, 0.25) is 5.02 Å². The Hall–Kier alpha value is -2.72. The van der Waals surface area contributed by atoms with Crippen molar-refractivity contribution in [3.63, 3.8) is 0 Å². The van der Waals surface area contributed by atoms with Crippen LogP contribution in [0.3, 0.4) is 0 Å². The number of carbonyl (C=O) groups is 1. The topological polar surface area (TPSA) is 44.8 Å². The molecule has 3 rings (SSSR count). The third-order valence-electron chi connectivity index (χ3n) is 3.61. The summed E-state index contributed by atoms with van der Waals surface area (Å²) in [6, 6.07) is 12.6. The minimum absolute atomic E-state index is 0.417. The second-order valence-corrected chi connectivity index (χ2v) is 5.50. The lowest BCUT2D eigenvalue weighted by Gasteiger charge is -2.09. The van der Waals surface area contributed by atoms with Gasteiger partial charge >= 0.3 is 5.97 Å². The molecule has 5 heteroatoms. The number of cyclic esters (lactones) is 1. The van der Waals surface area contributed by atoms with Gasteiger partial charge in [0.25, 0.3) is 0 Å². The predicted octanol–water partition coefficient (Wildman–Crippen LogP) is 4.34. The summed E-state index contributed by atoms with van der Waals surface area (Å²) in [4.78, 5) is 12.1. The zero-order chi connectivity index (χ0) is 17.1. The Morgan fingerprint density at radius 3 is 2.50 bits per heavy atom. The Morgan fingerprint density at radius 1 is 1.04 bits per heavy atom. The Labute approximate surface area is 144 Å². The van der Waals surface area contributed by atoms with E-state index in [0.29, 0.717) is 27.9 Å². The van der Waals surface area contributed by atoms with E-state index < -0.39 is 5.97 Å². The summed E-state index contributed by atoms with van der Waals surface area (Å²) in [6.45, 7) is 0. The predicted molar refractivity (Wildman–Crippen MR) is 93.0 cm³/mol. The van der Waals surface area contributed by atoms with Crippen molar-refractivity contribution in [1.82, 2.24) is 0 Å². The molecule has 0 saturated carbocycles. The molecular weight excluding hydrogens is 328 g/mol. The normalized spacial score (nSPS) is 15.2. The van der Waals surface area contributed by atoms with Crippen molar-refractivity contribution in [3.05, 3.63) is 70.3 Å². The molecule has 1 aliphatic heterocycles. The smallest absolute Gasteiger partial charge is 0.343 e. The van der Waals surface area contributed by atoms with Gasteiger partial charge in [0.15, 0.2) is 11.5 Å². The van der Waals surface area contributed by atoms with E-state index in [-0.39, 0.29) is 0 Å². The highest BCUT2D eigenvalue weighted by atomic mass is 35.5. The molecule has 0 N–H and O–H groups in total. The fourth-order valence-electron chi connectivity index (χ4n) is 2.38. The average Bonchev–Trinajstić information content (AvgIpc) is 2.97. The van der Waals surface area contributed by atoms with Gasteiger partial charge in [-0.25, -0.2) is 4.79 Å². The number of hydrogen-bond acceptors (Lipinski definition) is 4. The number of carbonyl (C=O) groups excluding carboxylic acids is 1. The quantitative estimate of drug-likeness (QED) is 0.612. The molecule has 0 aromatic heterocycles. The van der Waals surface area contributed by atoms with Gasteiger partial charge < -0.3 is 14.2 Å². The van der Waals surface area contributed by atoms with Gasteiger partial charge in [-0.05, 0) is 42.0 Å². The number of halogens is 1. The van der Waals surface area contributed by atoms with Gasteiger partial charge in [0.1, 0.15) is 5.76 Å². The lowest BCUT2D eigenvalue weighted by atomic mass is 10.1. The van der Waals surface area contributed by atoms with Crippen molar-refractivity contribution in [2.45, 2.75) is 0 Å². The fraction of sp³-hybridized carbons (Fsp3) is 0.105. The first-order chi connectivity index (χ1) is 11.6. The van der Waals surface area contributed by atoms with Crippen LogP contribution in [0.4, 0.5) is 0 Å². The molecule has 0 unspecified atom stereocenters. The molecule has 1 heterocycles. The summed E-state index contributed by atoms with van der Waals surface area (Å²) in [5, 5.41) is 0.575. The van der Waals surface area contributed by atoms with E-state index in [9.17, 15) is 4.79 Å². The molecular formula is C19H15ClO4. The molecule has 2 aromatic rings. The van der Waals surface area contributed by atoms with Crippen molar-refractivity contribution in [1.29, 1.82) is 0 Å². The van der Waals surface area contributed by atoms with Crippen molar-refractivity contribution in [3.8, 4) is 11.5 Å². The Morgan fingerprint density at radius 2 is 1.79 bits per heavy atom. The van der Waals surface area contributed by atoms with Gasteiger partial charge in [0, 0.05) is 10.6 Å². The van der Waals surface area contributed by atoms with Gasteiger partial charge in [-0.15, -0.1) is 0 Å². The van der Waals surface area contributed by atoms with Crippen LogP contribution in [-0.4, -0.2) is 20.2 Å². The number of rotatable bonds is 4. The van der Waals surface area contributed by atoms with Crippen LogP contribution < -0.4 is 9.47 Å². The number of ether oxygens (including phenoxy) is 3. The molecule has 0 aliphatic carbocycles. The number of benzene rings is 2. The molecule has 2 aromatic carbocycles. The van der Waals surface area contributed by atoms with E-state index >= 15 is 0 Å². The van der Waals surface area contributed by atoms with E-state index in [1.165, 1.54) is 0 Å². The highest BCUT2D eigenvalue weighted by Crippen LogP contribution is 2.34. The van der Waals surface area contributed by atoms with Crippen molar-refractivity contribution >= 4 is 29.4 Å². The second kappa shape index (κ2) is 6.81. The van der Waals surface area contributed by atoms with Gasteiger partial charge in [-0.2, -0.15) is 0 Å². The first-order valence-electron chi connectivity index (χ1n) is 7.25. The second-order valence-electron chi connectivity index (χ2n) is 5.09. The van der Waals surface area contributed by atoms with E-state index in [0.717, 1.165) is 11.1 Å². The van der Waals surface area contributed by atoms with Crippen LogP contribution >= 0.6 is 11.6 Å². The van der Waals surface area contributed by atoms with E-state index in [2.05, 4.69) is 0 Å². The summed E-state index contributed by atoms with van der Waals surface area (Å²) < 4.78 is 15.8. The highest BCUT2D eigenvalue weighted by Gasteiger charge is 2.23. The van der Waals surface area contributed by atoms with Crippen LogP contribution in [0.25, 0.3) is 11.8 Å². The SMILES string of the molecule is COc1ccc(C2=C/C(=C\c3ccccc3Cl)C(=O)O2)cc1OC. The molecule has 0 amide bonds. The minimum atomic E-state index is -0.417. The third kappa shape index (κ3) is 3.14. The molecule has 122 valence electrons. The van der Waals surface area contributed by atoms with Crippen LogP contribution in [0.5, 0.6) is 11.5 Å². The molecule has 1 aliphatic rings. The molecule has 0 radical (unpaired) electrons. The maximum atomic E-state index is 12.1. The standard InChI is InChI=1S/C19H15ClO4/c1-22-16-8-7-13(10-18(16)23-2)17-11-14(19(21)24-17)9-12-5-3-4-6-15(12)20/h3-11H,1-2H3/b14-9+. The number of esters is 1. The highest BCUT2D eigenvalue weighted by molar-refractivity contribution is 6.32. The first kappa shape index (κ1) is 16.1. The Balaban J connectivity index is 1.96. The molecule has 24 heavy (non-hydrogen) atoms. The van der Waals surface area contributed by atoms with Gasteiger partial charge in [-0.1, -0.05) is 29.8 Å². The average molecular weight is 343 g/mol. The Kier molecular flexibility index (Phi) is 4.58. The fourth-order valence-corrected chi connectivity index (χ4v) is 2.57. The van der Waals surface area contributed by atoms with Crippen molar-refractivity contribution in [2.75, 3.05) is 14.2 Å². The lowest BCUT2D eigenvalue weighted by Crippen LogP contribution is -1.98. The molecule has 0 spiro atoms. The third-order valence-corrected chi connectivity index (χ3v) is 3.95. The van der Waals surface area contributed by atoms with Crippen LogP contribution in [-0.2, 0) is 9.53 Å². The summed E-state index contributed by atoms with van der Waals surface area (Å²) in [7, 11) is 3.12. The van der Waals surface area contributed by atoms with E-state index in [4.69, 9.17) is 25.8 Å². The van der Waals surface area contributed by atoms with Gasteiger partial charge in [0.2, 0.25) is 0 Å².